The normalized spacial score (nSPS) is 15.0. The molecule has 1 saturated heterocycles. The van der Waals surface area contributed by atoms with E-state index >= 15 is 0 Å². The van der Waals surface area contributed by atoms with Crippen LogP contribution in [0.4, 0.5) is 0 Å². The van der Waals surface area contributed by atoms with Gasteiger partial charge in [0.2, 0.25) is 11.8 Å². The third kappa shape index (κ3) is 8.59. The first-order valence-electron chi connectivity index (χ1n) is 8.42. The van der Waals surface area contributed by atoms with Gasteiger partial charge in [-0.3, -0.25) is 9.59 Å². The second-order valence-electron chi connectivity index (χ2n) is 5.90. The molecule has 0 aromatic rings. The average molecular weight is 334 g/mol. The highest BCUT2D eigenvalue weighted by molar-refractivity contribution is 5.85. The van der Waals surface area contributed by atoms with E-state index in [9.17, 15) is 9.59 Å². The van der Waals surface area contributed by atoms with E-state index in [1.165, 1.54) is 0 Å². The van der Waals surface area contributed by atoms with Crippen molar-refractivity contribution in [2.45, 2.75) is 52.4 Å². The molecule has 1 rings (SSSR count). The highest BCUT2D eigenvalue weighted by Crippen LogP contribution is 2.18. The summed E-state index contributed by atoms with van der Waals surface area (Å²) in [5.41, 5.74) is 0. The zero-order chi connectivity index (χ0) is 15.5. The highest BCUT2D eigenvalue weighted by atomic mass is 35.5. The summed E-state index contributed by atoms with van der Waals surface area (Å²) < 4.78 is 0. The smallest absolute Gasteiger partial charge is 0.239 e. The van der Waals surface area contributed by atoms with Crippen LogP contribution in [0.25, 0.3) is 0 Å². The number of carbonyl (C=O) groups excluding carboxylic acids is 2. The van der Waals surface area contributed by atoms with Gasteiger partial charge in [0.25, 0.3) is 0 Å². The van der Waals surface area contributed by atoms with Gasteiger partial charge in [-0.05, 0) is 51.1 Å². The van der Waals surface area contributed by atoms with Gasteiger partial charge < -0.3 is 15.5 Å². The summed E-state index contributed by atoms with van der Waals surface area (Å²) in [6.45, 7) is 7.75. The third-order valence-electron chi connectivity index (χ3n) is 3.98. The van der Waals surface area contributed by atoms with Crippen LogP contribution in [-0.2, 0) is 9.59 Å². The molecule has 2 N–H and O–H groups in total. The minimum Gasteiger partial charge on any atom is -0.355 e. The topological polar surface area (TPSA) is 61.4 Å². The SMILES string of the molecule is CCCNC(=O)CN(CCC)C(=O)CCC1CCNCC1.Cl. The summed E-state index contributed by atoms with van der Waals surface area (Å²) in [5, 5.41) is 6.18. The number of rotatable bonds is 9. The van der Waals surface area contributed by atoms with E-state index in [4.69, 9.17) is 0 Å². The number of nitrogens with zero attached hydrogens (tertiary/aromatic N) is 1. The fourth-order valence-electron chi connectivity index (χ4n) is 2.71. The monoisotopic (exact) mass is 333 g/mol. The number of halogens is 1. The molecule has 1 fully saturated rings. The summed E-state index contributed by atoms with van der Waals surface area (Å²) >= 11 is 0. The van der Waals surface area contributed by atoms with Crippen molar-refractivity contribution >= 4 is 24.2 Å². The van der Waals surface area contributed by atoms with Crippen molar-refractivity contribution in [3.63, 3.8) is 0 Å². The first kappa shape index (κ1) is 21.2. The molecule has 5 nitrogen and oxygen atoms in total. The molecule has 22 heavy (non-hydrogen) atoms. The largest absolute Gasteiger partial charge is 0.355 e. The molecule has 0 aliphatic carbocycles. The molecule has 6 heteroatoms. The molecule has 1 aliphatic heterocycles. The highest BCUT2D eigenvalue weighted by Gasteiger charge is 2.19. The van der Waals surface area contributed by atoms with E-state index in [0.29, 0.717) is 25.4 Å². The van der Waals surface area contributed by atoms with Crippen molar-refractivity contribution in [1.82, 2.24) is 15.5 Å². The summed E-state index contributed by atoms with van der Waals surface area (Å²) in [6, 6.07) is 0. The van der Waals surface area contributed by atoms with Crippen molar-refractivity contribution in [2.75, 3.05) is 32.7 Å². The Morgan fingerprint density at radius 3 is 2.45 bits per heavy atom. The van der Waals surface area contributed by atoms with Gasteiger partial charge in [0, 0.05) is 19.5 Å². The number of carbonyl (C=O) groups is 2. The predicted molar refractivity (Wildman–Crippen MR) is 92.2 cm³/mol. The van der Waals surface area contributed by atoms with Gasteiger partial charge in [-0.25, -0.2) is 0 Å². The second-order valence-corrected chi connectivity index (χ2v) is 5.90. The van der Waals surface area contributed by atoms with Gasteiger partial charge >= 0.3 is 0 Å². The zero-order valence-electron chi connectivity index (χ0n) is 14.0. The predicted octanol–water partition coefficient (Wildman–Crippen LogP) is 1.95. The number of nitrogens with one attached hydrogen (secondary N) is 2. The van der Waals surface area contributed by atoms with Crippen LogP contribution in [0.3, 0.4) is 0 Å². The maximum atomic E-state index is 12.3. The molecule has 0 aromatic carbocycles. The van der Waals surface area contributed by atoms with Crippen LogP contribution in [0, 0.1) is 5.92 Å². The first-order valence-corrected chi connectivity index (χ1v) is 8.42. The Morgan fingerprint density at radius 2 is 1.86 bits per heavy atom. The standard InChI is InChI=1S/C16H31N3O2.ClH/c1-3-9-18-15(20)13-19(12-4-2)16(21)6-5-14-7-10-17-11-8-14;/h14,17H,3-13H2,1-2H3,(H,18,20);1H. The molecule has 0 bridgehead atoms. The number of piperidine rings is 1. The van der Waals surface area contributed by atoms with Crippen LogP contribution < -0.4 is 10.6 Å². The molecule has 1 aliphatic rings. The molecule has 0 atom stereocenters. The van der Waals surface area contributed by atoms with E-state index in [2.05, 4.69) is 10.6 Å². The lowest BCUT2D eigenvalue weighted by atomic mass is 9.93. The lowest BCUT2D eigenvalue weighted by Gasteiger charge is -2.25. The minimum absolute atomic E-state index is 0. The van der Waals surface area contributed by atoms with Crippen molar-refractivity contribution in [3.05, 3.63) is 0 Å². The Hall–Kier alpha value is -0.810. The van der Waals surface area contributed by atoms with Crippen LogP contribution in [0.2, 0.25) is 0 Å². The van der Waals surface area contributed by atoms with E-state index in [-0.39, 0.29) is 30.8 Å². The van der Waals surface area contributed by atoms with Crippen molar-refractivity contribution < 1.29 is 9.59 Å². The van der Waals surface area contributed by atoms with Crippen LogP contribution in [0.1, 0.15) is 52.4 Å². The molecule has 0 radical (unpaired) electrons. The van der Waals surface area contributed by atoms with Crippen molar-refractivity contribution in [3.8, 4) is 0 Å². The molecule has 130 valence electrons. The van der Waals surface area contributed by atoms with Gasteiger partial charge in [-0.2, -0.15) is 0 Å². The molecule has 1 heterocycles. The molecule has 0 spiro atoms. The molecule has 0 unspecified atom stereocenters. The Labute approximate surface area is 141 Å². The quantitative estimate of drug-likeness (QED) is 0.678. The van der Waals surface area contributed by atoms with Crippen LogP contribution in [0.15, 0.2) is 0 Å². The fraction of sp³-hybridized carbons (Fsp3) is 0.875. The number of hydrogen-bond donors (Lipinski definition) is 2. The molecule has 0 aromatic heterocycles. The lowest BCUT2D eigenvalue weighted by Crippen LogP contribution is -2.41. The summed E-state index contributed by atoms with van der Waals surface area (Å²) in [7, 11) is 0. The summed E-state index contributed by atoms with van der Waals surface area (Å²) in [4.78, 5) is 25.8. The van der Waals surface area contributed by atoms with Crippen molar-refractivity contribution in [2.24, 2.45) is 5.92 Å². The maximum Gasteiger partial charge on any atom is 0.239 e. The third-order valence-corrected chi connectivity index (χ3v) is 3.98. The van der Waals surface area contributed by atoms with E-state index in [0.717, 1.165) is 45.2 Å². The van der Waals surface area contributed by atoms with Crippen LogP contribution >= 0.6 is 12.4 Å². The molecular weight excluding hydrogens is 302 g/mol. The van der Waals surface area contributed by atoms with Gasteiger partial charge in [0.05, 0.1) is 6.54 Å². The first-order chi connectivity index (χ1) is 10.2. The average Bonchev–Trinajstić information content (AvgIpc) is 2.51. The molecular formula is C16H32ClN3O2. The Kier molecular flexibility index (Phi) is 12.2. The lowest BCUT2D eigenvalue weighted by molar-refractivity contribution is -0.136. The maximum absolute atomic E-state index is 12.3. The zero-order valence-corrected chi connectivity index (χ0v) is 14.8. The van der Waals surface area contributed by atoms with Crippen molar-refractivity contribution in [1.29, 1.82) is 0 Å². The van der Waals surface area contributed by atoms with Crippen LogP contribution in [0.5, 0.6) is 0 Å². The Bertz CT molecular complexity index is 321. The van der Waals surface area contributed by atoms with Gasteiger partial charge in [0.15, 0.2) is 0 Å². The molecule has 2 amide bonds. The van der Waals surface area contributed by atoms with Gasteiger partial charge in [0.1, 0.15) is 0 Å². The van der Waals surface area contributed by atoms with E-state index in [1.54, 1.807) is 4.90 Å². The number of hydrogen-bond acceptors (Lipinski definition) is 3. The summed E-state index contributed by atoms with van der Waals surface area (Å²) in [6.07, 6.45) is 5.67. The Balaban J connectivity index is 0.00000441. The second kappa shape index (κ2) is 12.7. The molecule has 0 saturated carbocycles. The fourth-order valence-corrected chi connectivity index (χ4v) is 2.71. The number of amides is 2. The Morgan fingerprint density at radius 1 is 1.18 bits per heavy atom. The van der Waals surface area contributed by atoms with Gasteiger partial charge in [-0.15, -0.1) is 12.4 Å². The van der Waals surface area contributed by atoms with E-state index < -0.39 is 0 Å². The minimum atomic E-state index is -0.0412. The van der Waals surface area contributed by atoms with Gasteiger partial charge in [-0.1, -0.05) is 13.8 Å². The summed E-state index contributed by atoms with van der Waals surface area (Å²) in [5.74, 6) is 0.746. The van der Waals surface area contributed by atoms with Crippen LogP contribution in [-0.4, -0.2) is 49.4 Å². The van der Waals surface area contributed by atoms with E-state index in [1.807, 2.05) is 13.8 Å².